The van der Waals surface area contributed by atoms with Crippen molar-refractivity contribution >= 4 is 5.97 Å². The standard InChI is InChI=1S/C7H6F3NO2/c1-3-2-4(6(12)13)11-5(3)7(8,9)10/h2,11H,1H3,(H,12,13). The van der Waals surface area contributed by atoms with Crippen molar-refractivity contribution in [1.82, 2.24) is 4.98 Å². The lowest BCUT2D eigenvalue weighted by Gasteiger charge is -2.03. The van der Waals surface area contributed by atoms with Crippen molar-refractivity contribution in [3.8, 4) is 0 Å². The number of aromatic nitrogens is 1. The summed E-state index contributed by atoms with van der Waals surface area (Å²) in [6.07, 6.45) is -4.53. The molecule has 0 bridgehead atoms. The minimum absolute atomic E-state index is 0.120. The van der Waals surface area contributed by atoms with Crippen LogP contribution in [0.5, 0.6) is 0 Å². The number of aromatic amines is 1. The van der Waals surface area contributed by atoms with Gasteiger partial charge in [-0.05, 0) is 18.6 Å². The van der Waals surface area contributed by atoms with Gasteiger partial charge in [0, 0.05) is 0 Å². The molecule has 0 unspecified atom stereocenters. The summed E-state index contributed by atoms with van der Waals surface area (Å²) in [5, 5.41) is 8.39. The Hall–Kier alpha value is -1.46. The van der Waals surface area contributed by atoms with Crippen LogP contribution in [-0.4, -0.2) is 16.1 Å². The van der Waals surface area contributed by atoms with E-state index in [-0.39, 0.29) is 5.56 Å². The highest BCUT2D eigenvalue weighted by Crippen LogP contribution is 2.31. The lowest BCUT2D eigenvalue weighted by Crippen LogP contribution is -2.08. The number of H-pyrrole nitrogens is 1. The van der Waals surface area contributed by atoms with E-state index in [4.69, 9.17) is 5.11 Å². The highest BCUT2D eigenvalue weighted by atomic mass is 19.4. The Kier molecular flexibility index (Phi) is 2.07. The Morgan fingerprint density at radius 1 is 1.54 bits per heavy atom. The lowest BCUT2D eigenvalue weighted by molar-refractivity contribution is -0.141. The molecule has 1 heterocycles. The Labute approximate surface area is 71.2 Å². The SMILES string of the molecule is Cc1cc(C(=O)O)[nH]c1C(F)(F)F. The molecule has 0 atom stereocenters. The van der Waals surface area contributed by atoms with Crippen molar-refractivity contribution in [3.63, 3.8) is 0 Å². The van der Waals surface area contributed by atoms with E-state index in [1.165, 1.54) is 6.92 Å². The second-order valence-corrected chi connectivity index (χ2v) is 2.54. The van der Waals surface area contributed by atoms with E-state index in [9.17, 15) is 18.0 Å². The predicted octanol–water partition coefficient (Wildman–Crippen LogP) is 2.04. The second kappa shape index (κ2) is 2.79. The number of alkyl halides is 3. The number of aryl methyl sites for hydroxylation is 1. The highest BCUT2D eigenvalue weighted by molar-refractivity contribution is 5.86. The largest absolute Gasteiger partial charge is 0.477 e. The number of hydrogen-bond donors (Lipinski definition) is 2. The average molecular weight is 193 g/mol. The third kappa shape index (κ3) is 1.82. The van der Waals surface area contributed by atoms with E-state index in [2.05, 4.69) is 0 Å². The molecule has 0 aliphatic rings. The van der Waals surface area contributed by atoms with Gasteiger partial charge in [-0.25, -0.2) is 4.79 Å². The third-order valence-corrected chi connectivity index (χ3v) is 1.53. The fourth-order valence-electron chi connectivity index (χ4n) is 0.968. The van der Waals surface area contributed by atoms with Crippen molar-refractivity contribution in [2.45, 2.75) is 13.1 Å². The normalized spacial score (nSPS) is 11.7. The van der Waals surface area contributed by atoms with Gasteiger partial charge in [-0.3, -0.25) is 0 Å². The van der Waals surface area contributed by atoms with Crippen LogP contribution in [0.2, 0.25) is 0 Å². The van der Waals surface area contributed by atoms with Gasteiger partial charge in [0.15, 0.2) is 0 Å². The molecule has 0 fully saturated rings. The highest BCUT2D eigenvalue weighted by Gasteiger charge is 2.35. The molecular formula is C7H6F3NO2. The Morgan fingerprint density at radius 3 is 2.31 bits per heavy atom. The summed E-state index contributed by atoms with van der Waals surface area (Å²) in [4.78, 5) is 12.1. The average Bonchev–Trinajstić information content (AvgIpc) is 2.29. The van der Waals surface area contributed by atoms with Crippen LogP contribution in [-0.2, 0) is 6.18 Å². The maximum absolute atomic E-state index is 12.1. The van der Waals surface area contributed by atoms with Crippen molar-refractivity contribution in [2.75, 3.05) is 0 Å². The fraction of sp³-hybridized carbons (Fsp3) is 0.286. The van der Waals surface area contributed by atoms with Crippen LogP contribution in [0.3, 0.4) is 0 Å². The van der Waals surface area contributed by atoms with Gasteiger partial charge in [-0.1, -0.05) is 0 Å². The van der Waals surface area contributed by atoms with Crippen molar-refractivity contribution in [1.29, 1.82) is 0 Å². The predicted molar refractivity (Wildman–Crippen MR) is 37.5 cm³/mol. The van der Waals surface area contributed by atoms with E-state index in [0.717, 1.165) is 6.07 Å². The maximum atomic E-state index is 12.1. The zero-order chi connectivity index (χ0) is 10.2. The molecule has 2 N–H and O–H groups in total. The Morgan fingerprint density at radius 2 is 2.08 bits per heavy atom. The molecule has 72 valence electrons. The van der Waals surface area contributed by atoms with Crippen molar-refractivity contribution in [3.05, 3.63) is 23.0 Å². The molecule has 3 nitrogen and oxygen atoms in total. The zero-order valence-corrected chi connectivity index (χ0v) is 6.57. The van der Waals surface area contributed by atoms with Crippen LogP contribution >= 0.6 is 0 Å². The quantitative estimate of drug-likeness (QED) is 0.716. The maximum Gasteiger partial charge on any atom is 0.431 e. The van der Waals surface area contributed by atoms with Crippen LogP contribution < -0.4 is 0 Å². The van der Waals surface area contributed by atoms with Crippen LogP contribution in [0, 0.1) is 6.92 Å². The summed E-state index contributed by atoms with van der Waals surface area (Å²) < 4.78 is 36.3. The molecule has 0 saturated heterocycles. The third-order valence-electron chi connectivity index (χ3n) is 1.53. The van der Waals surface area contributed by atoms with Gasteiger partial charge < -0.3 is 10.1 Å². The molecule has 1 rings (SSSR count). The summed E-state index contributed by atoms with van der Waals surface area (Å²) >= 11 is 0. The number of carboxylic acid groups (broad SMARTS) is 1. The van der Waals surface area contributed by atoms with Crippen LogP contribution in [0.25, 0.3) is 0 Å². The minimum Gasteiger partial charge on any atom is -0.477 e. The lowest BCUT2D eigenvalue weighted by atomic mass is 10.2. The van der Waals surface area contributed by atoms with E-state index < -0.39 is 23.5 Å². The molecule has 6 heteroatoms. The molecular weight excluding hydrogens is 187 g/mol. The summed E-state index contributed by atoms with van der Waals surface area (Å²) in [5.41, 5.74) is -1.58. The van der Waals surface area contributed by atoms with Crippen molar-refractivity contribution in [2.24, 2.45) is 0 Å². The van der Waals surface area contributed by atoms with Gasteiger partial charge in [0.2, 0.25) is 0 Å². The smallest absolute Gasteiger partial charge is 0.431 e. The van der Waals surface area contributed by atoms with Gasteiger partial charge in [0.25, 0.3) is 0 Å². The van der Waals surface area contributed by atoms with Gasteiger partial charge in [-0.15, -0.1) is 0 Å². The van der Waals surface area contributed by atoms with Gasteiger partial charge >= 0.3 is 12.1 Å². The first-order valence-electron chi connectivity index (χ1n) is 3.32. The molecule has 0 amide bonds. The van der Waals surface area contributed by atoms with Crippen LogP contribution in [0.4, 0.5) is 13.2 Å². The first kappa shape index (κ1) is 9.63. The number of carbonyl (C=O) groups is 1. The van der Waals surface area contributed by atoms with Crippen LogP contribution in [0.1, 0.15) is 21.7 Å². The Bertz CT molecular complexity index is 340. The van der Waals surface area contributed by atoms with Gasteiger partial charge in [0.1, 0.15) is 11.4 Å². The van der Waals surface area contributed by atoms with E-state index in [1.54, 1.807) is 4.98 Å². The summed E-state index contributed by atoms with van der Waals surface area (Å²) in [6, 6.07) is 0.950. The summed E-state index contributed by atoms with van der Waals surface area (Å²) in [6.45, 7) is 1.20. The number of halogens is 3. The molecule has 0 aliphatic carbocycles. The van der Waals surface area contributed by atoms with E-state index >= 15 is 0 Å². The molecule has 1 aromatic rings. The first-order valence-corrected chi connectivity index (χ1v) is 3.32. The first-order chi connectivity index (χ1) is 5.82. The Balaban J connectivity index is 3.18. The molecule has 13 heavy (non-hydrogen) atoms. The summed E-state index contributed by atoms with van der Waals surface area (Å²) in [7, 11) is 0. The molecule has 0 radical (unpaired) electrons. The number of hydrogen-bond acceptors (Lipinski definition) is 1. The topological polar surface area (TPSA) is 53.1 Å². The molecule has 1 aromatic heterocycles. The monoisotopic (exact) mass is 193 g/mol. The van der Waals surface area contributed by atoms with E-state index in [0.29, 0.717) is 0 Å². The number of nitrogens with one attached hydrogen (secondary N) is 1. The number of rotatable bonds is 1. The molecule has 0 saturated carbocycles. The second-order valence-electron chi connectivity index (χ2n) is 2.54. The van der Waals surface area contributed by atoms with E-state index in [1.807, 2.05) is 0 Å². The van der Waals surface area contributed by atoms with Crippen molar-refractivity contribution < 1.29 is 23.1 Å². The molecule has 0 aromatic carbocycles. The summed E-state index contributed by atoms with van der Waals surface area (Å²) in [5.74, 6) is -1.40. The molecule has 0 spiro atoms. The number of aromatic carboxylic acids is 1. The fourth-order valence-corrected chi connectivity index (χ4v) is 0.968. The zero-order valence-electron chi connectivity index (χ0n) is 6.57. The number of carboxylic acids is 1. The van der Waals surface area contributed by atoms with Gasteiger partial charge in [-0.2, -0.15) is 13.2 Å². The molecule has 0 aliphatic heterocycles. The van der Waals surface area contributed by atoms with Crippen LogP contribution in [0.15, 0.2) is 6.07 Å². The van der Waals surface area contributed by atoms with Gasteiger partial charge in [0.05, 0.1) is 0 Å². The minimum atomic E-state index is -4.53.